The number of piperazine rings is 1. The molecule has 1 aliphatic heterocycles. The fraction of sp³-hybridized carbons (Fsp3) is 0.333. The number of carbonyl (C=O) groups is 1. The van der Waals surface area contributed by atoms with Crippen LogP contribution in [-0.4, -0.2) is 50.6 Å². The van der Waals surface area contributed by atoms with Crippen molar-refractivity contribution < 1.29 is 9.00 Å². The van der Waals surface area contributed by atoms with E-state index in [4.69, 9.17) is 11.0 Å². The van der Waals surface area contributed by atoms with Crippen molar-refractivity contribution >= 4 is 27.5 Å². The molecule has 1 fully saturated rings. The largest absolute Gasteiger partial charge is 0.399 e. The fourth-order valence-electron chi connectivity index (χ4n) is 2.97. The standard InChI is InChI=1S/C18H21N7O2S/c1-13-11-16(12-19)22-18(21-13)24-7-9-25(10-8-24)28(27,23-14(2)26)17-5-3-15(20)4-6-17/h3-6,11H,7-10,20H2,1-2H3. The minimum Gasteiger partial charge on any atom is -0.399 e. The van der Waals surface area contributed by atoms with Gasteiger partial charge >= 0.3 is 0 Å². The number of nitrogens with two attached hydrogens (primary N) is 1. The molecule has 0 spiro atoms. The Balaban J connectivity index is 1.86. The van der Waals surface area contributed by atoms with Gasteiger partial charge in [-0.1, -0.05) is 0 Å². The van der Waals surface area contributed by atoms with Gasteiger partial charge in [-0.05, 0) is 37.3 Å². The third kappa shape index (κ3) is 4.11. The molecule has 28 heavy (non-hydrogen) atoms. The van der Waals surface area contributed by atoms with Crippen LogP contribution < -0.4 is 10.6 Å². The first kappa shape index (κ1) is 19.7. The number of nitriles is 1. The lowest BCUT2D eigenvalue weighted by molar-refractivity contribution is -0.115. The lowest BCUT2D eigenvalue weighted by Gasteiger charge is -2.35. The first-order valence-corrected chi connectivity index (χ1v) is 10.2. The fourth-order valence-corrected chi connectivity index (χ4v) is 4.98. The minimum absolute atomic E-state index is 0.308. The summed E-state index contributed by atoms with van der Waals surface area (Å²) >= 11 is 0. The number of amides is 1. The van der Waals surface area contributed by atoms with Gasteiger partial charge in [-0.15, -0.1) is 4.36 Å². The molecule has 2 aromatic rings. The van der Waals surface area contributed by atoms with Crippen molar-refractivity contribution in [2.45, 2.75) is 18.7 Å². The minimum atomic E-state index is -3.08. The van der Waals surface area contributed by atoms with E-state index in [0.29, 0.717) is 54.1 Å². The summed E-state index contributed by atoms with van der Waals surface area (Å²) in [6.45, 7) is 4.89. The van der Waals surface area contributed by atoms with E-state index < -0.39 is 15.8 Å². The number of aromatic nitrogens is 2. The number of anilines is 2. The second kappa shape index (κ2) is 7.92. The van der Waals surface area contributed by atoms with Crippen LogP contribution in [0.3, 0.4) is 0 Å². The summed E-state index contributed by atoms with van der Waals surface area (Å²) < 4.78 is 19.3. The molecule has 9 nitrogen and oxygen atoms in total. The van der Waals surface area contributed by atoms with Gasteiger partial charge in [-0.2, -0.15) is 5.26 Å². The molecule has 10 heteroatoms. The molecule has 0 bridgehead atoms. The predicted octanol–water partition coefficient (Wildman–Crippen LogP) is 1.35. The number of rotatable bonds is 3. The number of nitrogen functional groups attached to an aromatic ring is 1. The topological polar surface area (TPSA) is 129 Å². The van der Waals surface area contributed by atoms with E-state index in [1.54, 1.807) is 34.6 Å². The smallest absolute Gasteiger partial charge is 0.251 e. The van der Waals surface area contributed by atoms with Gasteiger partial charge in [0.1, 0.15) is 21.7 Å². The van der Waals surface area contributed by atoms with E-state index in [9.17, 15) is 9.00 Å². The summed E-state index contributed by atoms with van der Waals surface area (Å²) in [4.78, 5) is 22.7. The Morgan fingerprint density at radius 3 is 2.43 bits per heavy atom. The number of carbonyl (C=O) groups excluding carboxylic acids is 1. The Labute approximate surface area is 164 Å². The highest BCUT2D eigenvalue weighted by molar-refractivity contribution is 7.91. The average Bonchev–Trinajstić information content (AvgIpc) is 2.67. The number of hydrogen-bond acceptors (Lipinski definition) is 7. The van der Waals surface area contributed by atoms with Crippen LogP contribution in [0.4, 0.5) is 11.6 Å². The maximum atomic E-state index is 13.7. The monoisotopic (exact) mass is 399 g/mol. The zero-order valence-electron chi connectivity index (χ0n) is 15.7. The SMILES string of the molecule is CC(=O)N=S(=O)(c1ccc(N)cc1)N1CCN(c2nc(C)cc(C#N)n2)CC1. The Bertz CT molecular complexity index is 1040. The van der Waals surface area contributed by atoms with Gasteiger partial charge in [-0.3, -0.25) is 4.79 Å². The molecule has 2 heterocycles. The maximum Gasteiger partial charge on any atom is 0.251 e. The van der Waals surface area contributed by atoms with Crippen LogP contribution in [0.5, 0.6) is 0 Å². The van der Waals surface area contributed by atoms with Crippen LogP contribution >= 0.6 is 0 Å². The summed E-state index contributed by atoms with van der Waals surface area (Å²) in [5.41, 5.74) is 7.28. The molecule has 1 atom stereocenters. The molecule has 0 aliphatic carbocycles. The van der Waals surface area contributed by atoms with Crippen molar-refractivity contribution in [3.05, 3.63) is 41.7 Å². The Morgan fingerprint density at radius 2 is 1.86 bits per heavy atom. The molecule has 2 N–H and O–H groups in total. The van der Waals surface area contributed by atoms with Crippen molar-refractivity contribution in [3.8, 4) is 6.07 Å². The quantitative estimate of drug-likeness (QED) is 0.771. The number of hydrogen-bond donors (Lipinski definition) is 1. The van der Waals surface area contributed by atoms with Crippen molar-refractivity contribution in [1.29, 1.82) is 5.26 Å². The molecule has 3 rings (SSSR count). The van der Waals surface area contributed by atoms with Crippen LogP contribution in [-0.2, 0) is 14.7 Å². The van der Waals surface area contributed by atoms with Gasteiger partial charge < -0.3 is 10.6 Å². The molecule has 146 valence electrons. The highest BCUT2D eigenvalue weighted by Crippen LogP contribution is 2.23. The van der Waals surface area contributed by atoms with Gasteiger partial charge in [0.2, 0.25) is 5.95 Å². The van der Waals surface area contributed by atoms with Crippen molar-refractivity contribution in [1.82, 2.24) is 14.3 Å². The number of nitrogens with zero attached hydrogens (tertiary/aromatic N) is 6. The number of benzene rings is 1. The second-order valence-corrected chi connectivity index (χ2v) is 8.56. The van der Waals surface area contributed by atoms with Crippen molar-refractivity contribution in [2.75, 3.05) is 36.8 Å². The maximum absolute atomic E-state index is 13.7. The van der Waals surface area contributed by atoms with Crippen LogP contribution in [0.25, 0.3) is 0 Å². The predicted molar refractivity (Wildman–Crippen MR) is 106 cm³/mol. The van der Waals surface area contributed by atoms with E-state index in [1.165, 1.54) is 6.92 Å². The van der Waals surface area contributed by atoms with E-state index in [0.717, 1.165) is 0 Å². The van der Waals surface area contributed by atoms with Gasteiger partial charge in [0.15, 0.2) is 0 Å². The lowest BCUT2D eigenvalue weighted by Crippen LogP contribution is -2.49. The zero-order chi connectivity index (χ0) is 20.3. The molecular formula is C18H21N7O2S. The third-order valence-electron chi connectivity index (χ3n) is 4.27. The van der Waals surface area contributed by atoms with Crippen molar-refractivity contribution in [3.63, 3.8) is 0 Å². The Morgan fingerprint density at radius 1 is 1.21 bits per heavy atom. The third-order valence-corrected chi connectivity index (χ3v) is 6.72. The Hall–Kier alpha value is -3.03. The van der Waals surface area contributed by atoms with Gasteiger partial charge in [-0.25, -0.2) is 18.5 Å². The highest BCUT2D eigenvalue weighted by atomic mass is 32.2. The molecule has 0 saturated carbocycles. The molecule has 1 aromatic heterocycles. The van der Waals surface area contributed by atoms with Crippen LogP contribution in [0.1, 0.15) is 18.3 Å². The first-order valence-electron chi connectivity index (χ1n) is 8.71. The zero-order valence-corrected chi connectivity index (χ0v) is 16.5. The normalized spacial score (nSPS) is 16.8. The highest BCUT2D eigenvalue weighted by Gasteiger charge is 2.29. The van der Waals surface area contributed by atoms with E-state index in [1.807, 2.05) is 17.9 Å². The van der Waals surface area contributed by atoms with E-state index >= 15 is 0 Å². The average molecular weight is 399 g/mol. The molecule has 1 aromatic carbocycles. The van der Waals surface area contributed by atoms with E-state index in [-0.39, 0.29) is 0 Å². The molecule has 1 amide bonds. The molecule has 1 unspecified atom stereocenters. The summed E-state index contributed by atoms with van der Waals surface area (Å²) in [6.07, 6.45) is 0. The van der Waals surface area contributed by atoms with Crippen LogP contribution in [0, 0.1) is 18.3 Å². The summed E-state index contributed by atoms with van der Waals surface area (Å²) in [5, 5.41) is 9.10. The summed E-state index contributed by atoms with van der Waals surface area (Å²) in [7, 11) is -3.08. The van der Waals surface area contributed by atoms with Gasteiger partial charge in [0.25, 0.3) is 5.91 Å². The molecule has 0 radical (unpaired) electrons. The lowest BCUT2D eigenvalue weighted by atomic mass is 10.3. The molecular weight excluding hydrogens is 378 g/mol. The summed E-state index contributed by atoms with van der Waals surface area (Å²) in [6, 6.07) is 10.2. The molecule has 1 saturated heterocycles. The van der Waals surface area contributed by atoms with E-state index in [2.05, 4.69) is 14.3 Å². The van der Waals surface area contributed by atoms with Gasteiger partial charge in [0.05, 0.1) is 4.90 Å². The number of aryl methyl sites for hydroxylation is 1. The first-order chi connectivity index (χ1) is 13.3. The van der Waals surface area contributed by atoms with Gasteiger partial charge in [0, 0.05) is 44.5 Å². The van der Waals surface area contributed by atoms with Crippen LogP contribution in [0.2, 0.25) is 0 Å². The molecule has 1 aliphatic rings. The Kier molecular flexibility index (Phi) is 5.58. The summed E-state index contributed by atoms with van der Waals surface area (Å²) in [5.74, 6) is -0.0244. The van der Waals surface area contributed by atoms with Crippen molar-refractivity contribution in [2.24, 2.45) is 4.36 Å². The second-order valence-electron chi connectivity index (χ2n) is 6.40. The van der Waals surface area contributed by atoms with Crippen LogP contribution in [0.15, 0.2) is 39.6 Å².